The number of aromatic nitrogens is 1. The number of unbranched alkanes of at least 4 members (excludes halogenated alkanes) is 1. The van der Waals surface area contributed by atoms with Crippen LogP contribution < -0.4 is 10.5 Å². The first kappa shape index (κ1) is 14.8. The van der Waals surface area contributed by atoms with Gasteiger partial charge in [-0.25, -0.2) is 4.98 Å². The lowest BCUT2D eigenvalue weighted by Crippen LogP contribution is -2.40. The summed E-state index contributed by atoms with van der Waals surface area (Å²) in [6, 6.07) is 3.50. The zero-order chi connectivity index (χ0) is 13.4. The van der Waals surface area contributed by atoms with E-state index in [-0.39, 0.29) is 0 Å². The Morgan fingerprint density at radius 1 is 1.44 bits per heavy atom. The quantitative estimate of drug-likeness (QED) is 0.680. The maximum Gasteiger partial charge on any atom is 0.376 e. The van der Waals surface area contributed by atoms with Gasteiger partial charge in [0.15, 0.2) is 0 Å². The molecule has 0 unspecified atom stereocenters. The number of anilines is 1. The molecule has 18 heavy (non-hydrogen) atoms. The van der Waals surface area contributed by atoms with Crippen LogP contribution in [0.5, 0.6) is 5.88 Å². The number of pyridine rings is 1. The van der Waals surface area contributed by atoms with Crippen LogP contribution in [-0.4, -0.2) is 41.6 Å². The highest BCUT2D eigenvalue weighted by molar-refractivity contribution is 6.45. The maximum atomic E-state index is 9.61. The van der Waals surface area contributed by atoms with Crippen LogP contribution in [0, 0.1) is 0 Å². The van der Waals surface area contributed by atoms with Crippen LogP contribution in [0.4, 0.5) is 5.69 Å². The van der Waals surface area contributed by atoms with E-state index < -0.39 is 7.05 Å². The lowest BCUT2D eigenvalue weighted by molar-refractivity contribution is 0.250. The fourth-order valence-electron chi connectivity index (χ4n) is 1.59. The largest absolute Gasteiger partial charge is 0.476 e. The molecule has 0 saturated carbocycles. The summed E-state index contributed by atoms with van der Waals surface area (Å²) in [7, 11) is -0.445. The summed E-state index contributed by atoms with van der Waals surface area (Å²) in [5.74, 6) is 0.560. The van der Waals surface area contributed by atoms with Crippen molar-refractivity contribution in [3.8, 4) is 5.88 Å². The van der Waals surface area contributed by atoms with Crippen LogP contribution in [-0.2, 0) is 0 Å². The summed E-state index contributed by atoms with van der Waals surface area (Å²) in [5.41, 5.74) is 6.16. The Bertz CT molecular complexity index is 333. The van der Waals surface area contributed by atoms with Crippen LogP contribution in [0.25, 0.3) is 0 Å². The van der Waals surface area contributed by atoms with Crippen LogP contribution in [0.2, 0.25) is 6.82 Å². The molecule has 6 heteroatoms. The third-order valence-electron chi connectivity index (χ3n) is 2.71. The number of nitrogen functional groups attached to an aromatic ring is 1. The fourth-order valence-corrected chi connectivity index (χ4v) is 1.59. The van der Waals surface area contributed by atoms with Crippen molar-refractivity contribution >= 4 is 12.7 Å². The van der Waals surface area contributed by atoms with Gasteiger partial charge in [-0.05, 0) is 25.9 Å². The Morgan fingerprint density at radius 2 is 2.22 bits per heavy atom. The first-order chi connectivity index (χ1) is 8.63. The van der Waals surface area contributed by atoms with Crippen LogP contribution >= 0.6 is 0 Å². The van der Waals surface area contributed by atoms with Crippen molar-refractivity contribution in [2.45, 2.75) is 26.6 Å². The van der Waals surface area contributed by atoms with Crippen LogP contribution in [0.15, 0.2) is 18.3 Å². The Hall–Kier alpha value is -1.27. The number of nitrogens with two attached hydrogens (primary N) is 1. The maximum absolute atomic E-state index is 9.61. The molecule has 0 aromatic carbocycles. The summed E-state index contributed by atoms with van der Waals surface area (Å²) in [4.78, 5) is 6.04. The second-order valence-corrected chi connectivity index (χ2v) is 4.30. The van der Waals surface area contributed by atoms with Gasteiger partial charge >= 0.3 is 7.05 Å². The van der Waals surface area contributed by atoms with Crippen molar-refractivity contribution in [1.29, 1.82) is 0 Å². The number of hydrogen-bond donors (Lipinski definition) is 2. The first-order valence-corrected chi connectivity index (χ1v) is 6.40. The molecule has 0 bridgehead atoms. The zero-order valence-electron chi connectivity index (χ0n) is 11.2. The summed E-state index contributed by atoms with van der Waals surface area (Å²) in [5, 5.41) is 9.61. The predicted octanol–water partition coefficient (Wildman–Crippen LogP) is 1.25. The van der Waals surface area contributed by atoms with Gasteiger partial charge in [-0.15, -0.1) is 0 Å². The molecule has 0 aliphatic carbocycles. The van der Waals surface area contributed by atoms with Gasteiger partial charge in [-0.3, -0.25) is 0 Å². The van der Waals surface area contributed by atoms with Gasteiger partial charge in [0, 0.05) is 12.6 Å². The summed E-state index contributed by atoms with van der Waals surface area (Å²) in [6.07, 6.45) is 3.76. The Kier molecular flexibility index (Phi) is 6.53. The van der Waals surface area contributed by atoms with E-state index in [1.807, 2.05) is 4.81 Å². The number of ether oxygens (including phenoxy) is 1. The molecule has 100 valence electrons. The van der Waals surface area contributed by atoms with E-state index in [1.54, 1.807) is 25.2 Å². The van der Waals surface area contributed by atoms with E-state index in [4.69, 9.17) is 10.5 Å². The molecule has 0 fully saturated rings. The summed E-state index contributed by atoms with van der Waals surface area (Å²) in [6.45, 7) is 5.98. The summed E-state index contributed by atoms with van der Waals surface area (Å²) < 4.78 is 5.50. The molecule has 1 rings (SSSR count). The third-order valence-corrected chi connectivity index (χ3v) is 2.71. The fraction of sp³-hybridized carbons (Fsp3) is 0.583. The number of nitrogens with zero attached hydrogens (tertiary/aromatic N) is 2. The van der Waals surface area contributed by atoms with E-state index in [1.165, 1.54) is 0 Å². The van der Waals surface area contributed by atoms with Crippen molar-refractivity contribution < 1.29 is 9.76 Å². The molecule has 0 saturated heterocycles. The average Bonchev–Trinajstić information content (AvgIpc) is 2.35. The summed E-state index contributed by atoms with van der Waals surface area (Å²) >= 11 is 0. The van der Waals surface area contributed by atoms with E-state index in [0.717, 1.165) is 19.4 Å². The highest BCUT2D eigenvalue weighted by Gasteiger charge is 2.14. The molecular weight excluding hydrogens is 229 g/mol. The minimum Gasteiger partial charge on any atom is -0.476 e. The van der Waals surface area contributed by atoms with Crippen molar-refractivity contribution in [2.75, 3.05) is 25.4 Å². The van der Waals surface area contributed by atoms with Gasteiger partial charge in [-0.1, -0.05) is 13.3 Å². The Morgan fingerprint density at radius 3 is 2.78 bits per heavy atom. The molecule has 0 aliphatic heterocycles. The lowest BCUT2D eigenvalue weighted by atomic mass is 9.84. The molecule has 3 N–H and O–H groups in total. The molecule has 0 aliphatic rings. The lowest BCUT2D eigenvalue weighted by Gasteiger charge is -2.22. The van der Waals surface area contributed by atoms with E-state index in [0.29, 0.717) is 24.7 Å². The molecular formula is C12H22BN3O2. The van der Waals surface area contributed by atoms with Gasteiger partial charge in [0.1, 0.15) is 6.61 Å². The van der Waals surface area contributed by atoms with Crippen molar-refractivity contribution in [3.63, 3.8) is 0 Å². The average molecular weight is 251 g/mol. The minimum absolute atomic E-state index is 0.445. The molecule has 1 aromatic heterocycles. The van der Waals surface area contributed by atoms with Gasteiger partial charge < -0.3 is 20.3 Å². The molecule has 5 nitrogen and oxygen atoms in total. The smallest absolute Gasteiger partial charge is 0.376 e. The van der Waals surface area contributed by atoms with Crippen LogP contribution in [0.3, 0.4) is 0 Å². The molecule has 0 amide bonds. The number of rotatable bonds is 8. The van der Waals surface area contributed by atoms with Crippen molar-refractivity contribution in [2.24, 2.45) is 0 Å². The Labute approximate surface area is 109 Å². The molecule has 1 aromatic rings. The van der Waals surface area contributed by atoms with Gasteiger partial charge in [-0.2, -0.15) is 0 Å². The van der Waals surface area contributed by atoms with Crippen molar-refractivity contribution in [3.05, 3.63) is 18.3 Å². The second-order valence-electron chi connectivity index (χ2n) is 4.30. The van der Waals surface area contributed by atoms with E-state index in [9.17, 15) is 5.02 Å². The SMILES string of the molecule is CCCCN(CCOc1ccc(N)cn1)B(C)O. The monoisotopic (exact) mass is 251 g/mol. The highest BCUT2D eigenvalue weighted by atomic mass is 16.5. The standard InChI is InChI=1S/C12H22BN3O2/c1-3-4-7-16(13(2)17)8-9-18-12-6-5-11(14)10-15-12/h5-6,10,17H,3-4,7-9,14H2,1-2H3. The second kappa shape index (κ2) is 7.95. The number of hydrogen-bond acceptors (Lipinski definition) is 5. The molecule has 1 heterocycles. The zero-order valence-corrected chi connectivity index (χ0v) is 11.2. The Balaban J connectivity index is 2.31. The van der Waals surface area contributed by atoms with Gasteiger partial charge in [0.25, 0.3) is 0 Å². The van der Waals surface area contributed by atoms with E-state index >= 15 is 0 Å². The molecule has 0 spiro atoms. The van der Waals surface area contributed by atoms with Gasteiger partial charge in [0.05, 0.1) is 11.9 Å². The highest BCUT2D eigenvalue weighted by Crippen LogP contribution is 2.08. The van der Waals surface area contributed by atoms with Gasteiger partial charge in [0.2, 0.25) is 5.88 Å². The minimum atomic E-state index is -0.445. The molecule has 0 atom stereocenters. The first-order valence-electron chi connectivity index (χ1n) is 6.40. The van der Waals surface area contributed by atoms with Crippen LogP contribution in [0.1, 0.15) is 19.8 Å². The van der Waals surface area contributed by atoms with E-state index in [2.05, 4.69) is 11.9 Å². The topological polar surface area (TPSA) is 71.6 Å². The normalized spacial score (nSPS) is 10.7. The third kappa shape index (κ3) is 5.38. The molecule has 0 radical (unpaired) electrons. The predicted molar refractivity (Wildman–Crippen MR) is 74.5 cm³/mol. The van der Waals surface area contributed by atoms with Crippen molar-refractivity contribution in [1.82, 2.24) is 9.79 Å².